The molecule has 2 unspecified atom stereocenters. The molecule has 5 heterocycles. The van der Waals surface area contributed by atoms with Crippen LogP contribution >= 0.6 is 0 Å². The van der Waals surface area contributed by atoms with Gasteiger partial charge >= 0.3 is 0 Å². The first-order chi connectivity index (χ1) is 33.0. The van der Waals surface area contributed by atoms with Gasteiger partial charge in [0.15, 0.2) is 11.6 Å². The number of rotatable bonds is 20. The van der Waals surface area contributed by atoms with E-state index in [0.717, 1.165) is 132 Å². The van der Waals surface area contributed by atoms with Gasteiger partial charge in [-0.1, -0.05) is 106 Å². The maximum absolute atomic E-state index is 13.0. The number of aromatic nitrogens is 6. The number of nitrogens with one attached hydrogen (secondary N) is 2. The number of aliphatic imine (C=N–C) groups is 1. The van der Waals surface area contributed by atoms with Crippen LogP contribution in [0.25, 0.3) is 43.9 Å². The summed E-state index contributed by atoms with van der Waals surface area (Å²) in [4.78, 5) is 23.5. The van der Waals surface area contributed by atoms with Crippen molar-refractivity contribution in [3.63, 3.8) is 0 Å². The van der Waals surface area contributed by atoms with Gasteiger partial charge < -0.3 is 20.6 Å². The molecule has 15 nitrogen and oxygen atoms in total. The van der Waals surface area contributed by atoms with Crippen LogP contribution in [0.5, 0.6) is 0 Å². The maximum Gasteiger partial charge on any atom is 0.240 e. The van der Waals surface area contributed by atoms with E-state index in [4.69, 9.17) is 21.4 Å². The number of pyridine rings is 2. The first-order valence-electron chi connectivity index (χ1n) is 23.7. The molecule has 0 saturated carbocycles. The standard InChI is InChI=1S/C27H32N6O2S.C24H29N5O2S/c1-2-3-15-23-32-25-26(20-12-4-5-13-21(20)31-27(25)28)33(23)18-7-6-17-30-36(34,35)22-14-8-10-19-11-9-16-29-24(19)22;1-2-3-15-21-28-22-23(19-13-7-8-14-20(19)27-24(22)25)29(21)17-10-9-16-26-32(30,31)18-11-5-4-6-12-18/h4-5,8-14,16,22,24,30H,2-3,6-7,15,17-18H2,1H3,(H2,28,31);4-8,11-14,26H,2-3,9-10,15-17H2,1H3,(H2,25,27). The number of allylic oxidation sites excluding steroid dienone is 3. The third kappa shape index (κ3) is 10.7. The van der Waals surface area contributed by atoms with Crippen LogP contribution in [0.1, 0.15) is 76.9 Å². The van der Waals surface area contributed by atoms with Gasteiger partial charge in [-0.2, -0.15) is 0 Å². The Bertz CT molecular complexity index is 3250. The molecule has 0 radical (unpaired) electrons. The van der Waals surface area contributed by atoms with E-state index in [1.165, 1.54) is 0 Å². The zero-order valence-corrected chi connectivity index (χ0v) is 40.4. The van der Waals surface area contributed by atoms with Crippen LogP contribution in [-0.2, 0) is 46.0 Å². The largest absolute Gasteiger partial charge is 0.382 e. The Balaban J connectivity index is 0.000000185. The van der Waals surface area contributed by atoms with E-state index < -0.39 is 25.3 Å². The first kappa shape index (κ1) is 48.2. The summed E-state index contributed by atoms with van der Waals surface area (Å²) in [5, 5.41) is 1.38. The highest BCUT2D eigenvalue weighted by Crippen LogP contribution is 2.32. The Hall–Kier alpha value is -6.27. The molecule has 9 rings (SSSR count). The average molecular weight is 956 g/mol. The first-order valence-corrected chi connectivity index (χ1v) is 26.7. The minimum absolute atomic E-state index is 0.289. The van der Waals surface area contributed by atoms with Crippen LogP contribution in [0, 0.1) is 0 Å². The second-order valence-electron chi connectivity index (χ2n) is 17.2. The maximum atomic E-state index is 13.0. The Morgan fingerprint density at radius 2 is 1.15 bits per heavy atom. The molecular weight excluding hydrogens is 895 g/mol. The predicted molar refractivity (Wildman–Crippen MR) is 276 cm³/mol. The Kier molecular flexibility index (Phi) is 15.4. The third-order valence-electron chi connectivity index (χ3n) is 12.4. The normalized spacial score (nSPS) is 15.8. The lowest BCUT2D eigenvalue weighted by molar-refractivity contribution is 0.551. The van der Waals surface area contributed by atoms with Gasteiger partial charge in [-0.15, -0.1) is 0 Å². The van der Waals surface area contributed by atoms with E-state index in [2.05, 4.69) is 59.5 Å². The molecule has 6 N–H and O–H groups in total. The van der Waals surface area contributed by atoms with E-state index >= 15 is 0 Å². The van der Waals surface area contributed by atoms with Gasteiger partial charge in [0.2, 0.25) is 20.0 Å². The Morgan fingerprint density at radius 3 is 1.71 bits per heavy atom. The summed E-state index contributed by atoms with van der Waals surface area (Å²) in [5.74, 6) is 2.91. The Morgan fingerprint density at radius 1 is 0.618 bits per heavy atom. The van der Waals surface area contributed by atoms with E-state index in [9.17, 15) is 16.8 Å². The second kappa shape index (κ2) is 21.8. The molecular formula is C51H61N11O4S2. The number of imidazole rings is 2. The van der Waals surface area contributed by atoms with E-state index in [1.807, 2.05) is 54.6 Å². The molecule has 0 bridgehead atoms. The number of dihydropyridines is 1. The number of unbranched alkanes of at least 4 members (excludes halogenated alkanes) is 4. The predicted octanol–water partition coefficient (Wildman–Crippen LogP) is 8.35. The second-order valence-corrected chi connectivity index (χ2v) is 20.9. The molecule has 0 fully saturated rings. The van der Waals surface area contributed by atoms with Crippen molar-refractivity contribution < 1.29 is 16.8 Å². The van der Waals surface area contributed by atoms with Gasteiger partial charge in [-0.05, 0) is 74.4 Å². The Labute approximate surface area is 398 Å². The number of benzene rings is 3. The van der Waals surface area contributed by atoms with Crippen LogP contribution in [0.2, 0.25) is 0 Å². The van der Waals surface area contributed by atoms with Gasteiger partial charge in [-0.25, -0.2) is 46.2 Å². The van der Waals surface area contributed by atoms with E-state index in [0.29, 0.717) is 31.1 Å². The number of nitrogen functional groups attached to an aromatic ring is 2. The van der Waals surface area contributed by atoms with Gasteiger partial charge in [-0.3, -0.25) is 4.99 Å². The van der Waals surface area contributed by atoms with Crippen molar-refractivity contribution in [2.45, 2.75) is 107 Å². The lowest BCUT2D eigenvalue weighted by Crippen LogP contribution is -2.42. The molecule has 2 atom stereocenters. The molecule has 7 aromatic rings. The highest BCUT2D eigenvalue weighted by molar-refractivity contribution is 7.90. The van der Waals surface area contributed by atoms with Crippen LogP contribution in [0.15, 0.2) is 125 Å². The van der Waals surface area contributed by atoms with Crippen molar-refractivity contribution in [1.29, 1.82) is 0 Å². The molecule has 4 aromatic heterocycles. The number of hydrogen-bond donors (Lipinski definition) is 4. The number of aryl methyl sites for hydroxylation is 4. The van der Waals surface area contributed by atoms with Crippen molar-refractivity contribution >= 4 is 81.8 Å². The fraction of sp³-hybridized carbons (Fsp3) is 0.353. The lowest BCUT2D eigenvalue weighted by Gasteiger charge is -2.26. The summed E-state index contributed by atoms with van der Waals surface area (Å²) in [6.07, 6.45) is 19.9. The number of para-hydroxylation sites is 2. The molecule has 3 aromatic carbocycles. The lowest BCUT2D eigenvalue weighted by atomic mass is 9.97. The van der Waals surface area contributed by atoms with Gasteiger partial charge in [0.05, 0.1) is 33.0 Å². The smallest absolute Gasteiger partial charge is 0.240 e. The topological polar surface area (TPSA) is 218 Å². The summed E-state index contributed by atoms with van der Waals surface area (Å²) >= 11 is 0. The molecule has 0 spiro atoms. The molecule has 2 aliphatic rings. The monoisotopic (exact) mass is 955 g/mol. The van der Waals surface area contributed by atoms with E-state index in [-0.39, 0.29) is 10.9 Å². The number of hydrogen-bond acceptors (Lipinski definition) is 11. The fourth-order valence-corrected chi connectivity index (χ4v) is 11.5. The van der Waals surface area contributed by atoms with Gasteiger partial charge in [0.1, 0.15) is 27.9 Å². The zero-order valence-electron chi connectivity index (χ0n) is 38.8. The number of sulfonamides is 2. The molecule has 356 valence electrons. The van der Waals surface area contributed by atoms with Crippen molar-refractivity contribution in [3.8, 4) is 0 Å². The quantitative estimate of drug-likeness (QED) is 0.0535. The van der Waals surface area contributed by atoms with Crippen LogP contribution in [0.4, 0.5) is 11.6 Å². The van der Waals surface area contributed by atoms with Crippen molar-refractivity contribution in [2.75, 3.05) is 24.6 Å². The van der Waals surface area contributed by atoms with Crippen LogP contribution in [0.3, 0.4) is 0 Å². The van der Waals surface area contributed by atoms with Crippen molar-refractivity contribution in [2.24, 2.45) is 4.99 Å². The molecule has 0 saturated heterocycles. The summed E-state index contributed by atoms with van der Waals surface area (Å²) in [6, 6.07) is 24.0. The van der Waals surface area contributed by atoms with Crippen LogP contribution < -0.4 is 20.9 Å². The highest BCUT2D eigenvalue weighted by Gasteiger charge is 2.34. The number of anilines is 2. The summed E-state index contributed by atoms with van der Waals surface area (Å²) in [6.45, 7) is 6.57. The molecule has 1 aliphatic carbocycles. The minimum Gasteiger partial charge on any atom is -0.382 e. The summed E-state index contributed by atoms with van der Waals surface area (Å²) in [7, 11) is -7.02. The number of nitrogens with zero attached hydrogens (tertiary/aromatic N) is 7. The minimum atomic E-state index is -3.55. The van der Waals surface area contributed by atoms with Gasteiger partial charge in [0, 0.05) is 56.0 Å². The number of nitrogens with two attached hydrogens (primary N) is 2. The fourth-order valence-electron chi connectivity index (χ4n) is 8.90. The van der Waals surface area contributed by atoms with Gasteiger partial charge in [0.25, 0.3) is 0 Å². The van der Waals surface area contributed by atoms with Crippen molar-refractivity contribution in [1.82, 2.24) is 38.5 Å². The average Bonchev–Trinajstić information content (AvgIpc) is 3.92. The molecule has 17 heteroatoms. The SMILES string of the molecule is CCCCc1nc2c(N)nc3ccccc3c2n1CCCCNS(=O)(=O)C1C=CC=C2C=CC=NC21.CCCCc1nc2c(N)nc3ccccc3c2n1CCCCNS(=O)(=O)c1ccccc1. The summed E-state index contributed by atoms with van der Waals surface area (Å²) in [5.41, 5.74) is 18.7. The van der Waals surface area contributed by atoms with Crippen molar-refractivity contribution in [3.05, 3.63) is 126 Å². The molecule has 68 heavy (non-hydrogen) atoms. The molecule has 0 amide bonds. The highest BCUT2D eigenvalue weighted by atomic mass is 32.2. The zero-order chi connectivity index (χ0) is 47.7. The van der Waals surface area contributed by atoms with Crippen LogP contribution in [-0.4, -0.2) is 76.5 Å². The number of fused-ring (bicyclic) bond motifs is 7. The molecule has 1 aliphatic heterocycles. The van der Waals surface area contributed by atoms with E-state index in [1.54, 1.807) is 48.7 Å². The third-order valence-corrected chi connectivity index (χ3v) is 15.6. The summed E-state index contributed by atoms with van der Waals surface area (Å²) < 4.78 is 60.9.